The molecule has 1 N–H and O–H groups in total. The van der Waals surface area contributed by atoms with Crippen LogP contribution >= 0.6 is 0 Å². The summed E-state index contributed by atoms with van der Waals surface area (Å²) in [5, 5.41) is 7.01. The summed E-state index contributed by atoms with van der Waals surface area (Å²) < 4.78 is 2.05. The zero-order chi connectivity index (χ0) is 15.6. The van der Waals surface area contributed by atoms with Crippen LogP contribution in [0, 0.1) is 0 Å². The van der Waals surface area contributed by atoms with Crippen LogP contribution in [0.4, 0.5) is 0 Å². The van der Waals surface area contributed by atoms with Gasteiger partial charge in [0.2, 0.25) is 5.91 Å². The van der Waals surface area contributed by atoms with E-state index in [9.17, 15) is 4.79 Å². The first-order valence-electron chi connectivity index (χ1n) is 7.98. The van der Waals surface area contributed by atoms with E-state index in [4.69, 9.17) is 0 Å². The third-order valence-corrected chi connectivity index (χ3v) is 4.60. The number of H-pyrrole nitrogens is 1. The highest BCUT2D eigenvalue weighted by molar-refractivity contribution is 5.78. The largest absolute Gasteiger partial charge is 0.342 e. The zero-order valence-electron chi connectivity index (χ0n) is 12.9. The van der Waals surface area contributed by atoms with Crippen LogP contribution in [0.3, 0.4) is 0 Å². The lowest BCUT2D eigenvalue weighted by atomic mass is 10.1. The van der Waals surface area contributed by atoms with E-state index in [-0.39, 0.29) is 5.91 Å². The van der Waals surface area contributed by atoms with Crippen LogP contribution in [0.1, 0.15) is 24.5 Å². The highest BCUT2D eigenvalue weighted by atomic mass is 16.2. The van der Waals surface area contributed by atoms with E-state index < -0.39 is 0 Å². The van der Waals surface area contributed by atoms with Crippen molar-refractivity contribution in [2.24, 2.45) is 0 Å². The molecule has 0 spiro atoms. The number of amides is 1. The molecule has 4 rings (SSSR count). The van der Waals surface area contributed by atoms with Gasteiger partial charge in [0.25, 0.3) is 0 Å². The van der Waals surface area contributed by atoms with Crippen molar-refractivity contribution >= 4 is 16.9 Å². The Balaban J connectivity index is 1.37. The first-order chi connectivity index (χ1) is 11.3. The Kier molecular flexibility index (Phi) is 3.57. The van der Waals surface area contributed by atoms with Crippen LogP contribution in [0.2, 0.25) is 0 Å². The molecule has 1 aliphatic rings. The molecule has 1 aromatic carbocycles. The van der Waals surface area contributed by atoms with Crippen molar-refractivity contribution in [3.05, 3.63) is 48.5 Å². The fraction of sp³-hybridized carbons (Fsp3) is 0.353. The second-order valence-corrected chi connectivity index (χ2v) is 6.01. The van der Waals surface area contributed by atoms with Crippen LogP contribution < -0.4 is 0 Å². The molecule has 6 heteroatoms. The van der Waals surface area contributed by atoms with E-state index >= 15 is 0 Å². The van der Waals surface area contributed by atoms with Crippen molar-refractivity contribution in [1.82, 2.24) is 24.6 Å². The monoisotopic (exact) mass is 309 g/mol. The molecule has 1 amide bonds. The maximum absolute atomic E-state index is 12.5. The van der Waals surface area contributed by atoms with E-state index in [0.29, 0.717) is 18.9 Å². The lowest BCUT2D eigenvalue weighted by Gasteiger charge is -2.16. The van der Waals surface area contributed by atoms with Crippen molar-refractivity contribution in [3.63, 3.8) is 0 Å². The summed E-state index contributed by atoms with van der Waals surface area (Å²) in [7, 11) is 0. The van der Waals surface area contributed by atoms with Gasteiger partial charge >= 0.3 is 0 Å². The average molecular weight is 309 g/mol. The summed E-state index contributed by atoms with van der Waals surface area (Å²) in [6, 6.07) is 10.00. The topological polar surface area (TPSA) is 66.8 Å². The minimum absolute atomic E-state index is 0.213. The maximum Gasteiger partial charge on any atom is 0.224 e. The second kappa shape index (κ2) is 5.87. The Hall–Kier alpha value is -2.63. The molecule has 3 aromatic rings. The predicted molar refractivity (Wildman–Crippen MR) is 86.9 cm³/mol. The maximum atomic E-state index is 12.5. The molecular formula is C17H19N5O. The van der Waals surface area contributed by atoms with E-state index in [1.807, 2.05) is 41.6 Å². The van der Waals surface area contributed by atoms with Crippen molar-refractivity contribution < 1.29 is 4.79 Å². The number of para-hydroxylation sites is 2. The van der Waals surface area contributed by atoms with Gasteiger partial charge in [-0.15, -0.1) is 0 Å². The van der Waals surface area contributed by atoms with Crippen LogP contribution in [0.5, 0.6) is 0 Å². The Morgan fingerprint density at radius 3 is 3.09 bits per heavy atom. The summed E-state index contributed by atoms with van der Waals surface area (Å²) in [4.78, 5) is 18.8. The number of fused-ring (bicyclic) bond motifs is 1. The van der Waals surface area contributed by atoms with Gasteiger partial charge in [-0.25, -0.2) is 4.98 Å². The summed E-state index contributed by atoms with van der Waals surface area (Å²) in [5.41, 5.74) is 3.18. The van der Waals surface area contributed by atoms with Crippen LogP contribution in [-0.4, -0.2) is 43.6 Å². The SMILES string of the molecule is O=C(CCn1cnc2ccccc21)N1CCC(c2ccn[nH]2)C1. The molecule has 0 aliphatic carbocycles. The van der Waals surface area contributed by atoms with E-state index in [1.165, 1.54) is 0 Å². The fourth-order valence-electron chi connectivity index (χ4n) is 3.30. The number of aromatic nitrogens is 4. The standard InChI is InChI=1S/C17H19N5O/c23-17(21-9-6-13(11-21)14-5-8-19-20-14)7-10-22-12-18-15-3-1-2-4-16(15)22/h1-5,8,12-13H,6-7,9-11H2,(H,19,20). The molecule has 1 fully saturated rings. The van der Waals surface area contributed by atoms with Gasteiger partial charge in [-0.3, -0.25) is 9.89 Å². The Morgan fingerprint density at radius 1 is 1.30 bits per heavy atom. The first-order valence-corrected chi connectivity index (χ1v) is 7.98. The average Bonchev–Trinajstić information content (AvgIpc) is 3.31. The number of aromatic amines is 1. The number of likely N-dealkylation sites (tertiary alicyclic amines) is 1. The quantitative estimate of drug-likeness (QED) is 0.803. The molecular weight excluding hydrogens is 290 g/mol. The number of hydrogen-bond acceptors (Lipinski definition) is 3. The molecule has 6 nitrogen and oxygen atoms in total. The molecule has 1 aliphatic heterocycles. The molecule has 1 atom stereocenters. The fourth-order valence-corrected chi connectivity index (χ4v) is 3.30. The van der Waals surface area contributed by atoms with Crippen molar-refractivity contribution in [3.8, 4) is 0 Å². The van der Waals surface area contributed by atoms with Gasteiger partial charge in [0.15, 0.2) is 0 Å². The van der Waals surface area contributed by atoms with Gasteiger partial charge in [-0.1, -0.05) is 12.1 Å². The second-order valence-electron chi connectivity index (χ2n) is 6.01. The van der Waals surface area contributed by atoms with Gasteiger partial charge in [-0.05, 0) is 24.6 Å². The molecule has 0 bridgehead atoms. The van der Waals surface area contributed by atoms with Crippen molar-refractivity contribution in [2.45, 2.75) is 25.3 Å². The number of imidazole rings is 1. The van der Waals surface area contributed by atoms with Gasteiger partial charge in [-0.2, -0.15) is 5.10 Å². The molecule has 2 aromatic heterocycles. The molecule has 118 valence electrons. The van der Waals surface area contributed by atoms with Gasteiger partial charge in [0.1, 0.15) is 0 Å². The number of benzene rings is 1. The smallest absolute Gasteiger partial charge is 0.224 e. The first kappa shape index (κ1) is 14.0. The summed E-state index contributed by atoms with van der Waals surface area (Å²) in [5.74, 6) is 0.598. The summed E-state index contributed by atoms with van der Waals surface area (Å²) >= 11 is 0. The Bertz CT molecular complexity index is 807. The normalized spacial score (nSPS) is 17.9. The highest BCUT2D eigenvalue weighted by Gasteiger charge is 2.27. The van der Waals surface area contributed by atoms with E-state index in [1.54, 1.807) is 6.20 Å². The number of nitrogens with zero attached hydrogens (tertiary/aromatic N) is 4. The van der Waals surface area contributed by atoms with Crippen LogP contribution in [0.25, 0.3) is 11.0 Å². The minimum Gasteiger partial charge on any atom is -0.342 e. The predicted octanol–water partition coefficient (Wildman–Crippen LogP) is 2.17. The number of nitrogens with one attached hydrogen (secondary N) is 1. The molecule has 0 radical (unpaired) electrons. The third-order valence-electron chi connectivity index (χ3n) is 4.60. The lowest BCUT2D eigenvalue weighted by molar-refractivity contribution is -0.130. The zero-order valence-corrected chi connectivity index (χ0v) is 12.9. The summed E-state index contributed by atoms with van der Waals surface area (Å²) in [6.07, 6.45) is 5.09. The third kappa shape index (κ3) is 2.72. The van der Waals surface area contributed by atoms with Crippen LogP contribution in [-0.2, 0) is 11.3 Å². The number of rotatable bonds is 4. The van der Waals surface area contributed by atoms with Gasteiger partial charge < -0.3 is 9.47 Å². The molecule has 0 saturated carbocycles. The van der Waals surface area contributed by atoms with Crippen LogP contribution in [0.15, 0.2) is 42.9 Å². The van der Waals surface area contributed by atoms with Crippen molar-refractivity contribution in [1.29, 1.82) is 0 Å². The van der Waals surface area contributed by atoms with Gasteiger partial charge in [0, 0.05) is 43.9 Å². The number of carbonyl (C=O) groups excluding carboxylic acids is 1. The number of carbonyl (C=O) groups is 1. The lowest BCUT2D eigenvalue weighted by Crippen LogP contribution is -2.29. The van der Waals surface area contributed by atoms with E-state index in [2.05, 4.69) is 19.7 Å². The highest BCUT2D eigenvalue weighted by Crippen LogP contribution is 2.26. The molecule has 3 heterocycles. The number of aryl methyl sites for hydroxylation is 1. The Labute approximate surface area is 134 Å². The Morgan fingerprint density at radius 2 is 2.22 bits per heavy atom. The molecule has 23 heavy (non-hydrogen) atoms. The van der Waals surface area contributed by atoms with Gasteiger partial charge in [0.05, 0.1) is 17.4 Å². The number of hydrogen-bond donors (Lipinski definition) is 1. The minimum atomic E-state index is 0.213. The summed E-state index contributed by atoms with van der Waals surface area (Å²) in [6.45, 7) is 2.28. The van der Waals surface area contributed by atoms with E-state index in [0.717, 1.165) is 36.2 Å². The van der Waals surface area contributed by atoms with Crippen molar-refractivity contribution in [2.75, 3.05) is 13.1 Å². The molecule has 1 saturated heterocycles. The molecule has 1 unspecified atom stereocenters.